The molecule has 1 unspecified atom stereocenters. The molecule has 0 heterocycles. The van der Waals surface area contributed by atoms with Crippen LogP contribution in [0.4, 0.5) is 5.69 Å². The Labute approximate surface area is 168 Å². The molecule has 2 N–H and O–H groups in total. The zero-order chi connectivity index (χ0) is 20.6. The first kappa shape index (κ1) is 22.1. The topological polar surface area (TPSA) is 78.5 Å². The third-order valence-corrected chi connectivity index (χ3v) is 6.08. The van der Waals surface area contributed by atoms with E-state index in [0.29, 0.717) is 12.2 Å². The molecule has 0 aliphatic carbocycles. The first-order chi connectivity index (χ1) is 13.4. The van der Waals surface area contributed by atoms with Gasteiger partial charge < -0.3 is 5.32 Å². The van der Waals surface area contributed by atoms with Crippen LogP contribution in [-0.4, -0.2) is 44.9 Å². The first-order valence-electron chi connectivity index (χ1n) is 9.51. The van der Waals surface area contributed by atoms with Gasteiger partial charge in [-0.15, -0.1) is 0 Å². The number of hydrogen-bond acceptors (Lipinski definition) is 4. The smallest absolute Gasteiger partial charge is 0.240 e. The lowest BCUT2D eigenvalue weighted by Gasteiger charge is -2.30. The van der Waals surface area contributed by atoms with Crippen LogP contribution in [0.2, 0.25) is 0 Å². The summed E-state index contributed by atoms with van der Waals surface area (Å²) in [6, 6.07) is 16.3. The van der Waals surface area contributed by atoms with Crippen molar-refractivity contribution >= 4 is 21.6 Å². The van der Waals surface area contributed by atoms with E-state index in [1.54, 1.807) is 12.1 Å². The molecule has 0 saturated carbocycles. The van der Waals surface area contributed by atoms with Gasteiger partial charge in [-0.2, -0.15) is 0 Å². The highest BCUT2D eigenvalue weighted by molar-refractivity contribution is 7.89. The van der Waals surface area contributed by atoms with Gasteiger partial charge in [0.1, 0.15) is 0 Å². The standard InChI is InChI=1S/C21H29N3O3S/c1-4-24(5-2)20(15-18-9-7-6-8-10-18)16-22-28(26,27)21-13-11-19(12-14-21)23-17(3)25/h6-14,20,22H,4-5,15-16H2,1-3H3,(H,23,25). The summed E-state index contributed by atoms with van der Waals surface area (Å²) < 4.78 is 28.2. The van der Waals surface area contributed by atoms with Crippen molar-refractivity contribution in [3.8, 4) is 0 Å². The van der Waals surface area contributed by atoms with Gasteiger partial charge in [0.25, 0.3) is 0 Å². The Hall–Kier alpha value is -2.22. The predicted molar refractivity (Wildman–Crippen MR) is 113 cm³/mol. The van der Waals surface area contributed by atoms with Gasteiger partial charge in [-0.05, 0) is 49.3 Å². The number of rotatable bonds is 10. The van der Waals surface area contributed by atoms with Gasteiger partial charge in [0.15, 0.2) is 0 Å². The van der Waals surface area contributed by atoms with Crippen LogP contribution in [0.1, 0.15) is 26.3 Å². The maximum Gasteiger partial charge on any atom is 0.240 e. The second-order valence-electron chi connectivity index (χ2n) is 6.62. The van der Waals surface area contributed by atoms with Crippen LogP contribution in [0.3, 0.4) is 0 Å². The van der Waals surface area contributed by atoms with Crippen molar-refractivity contribution in [1.29, 1.82) is 0 Å². The Morgan fingerprint density at radius 2 is 1.61 bits per heavy atom. The van der Waals surface area contributed by atoms with Crippen molar-refractivity contribution in [2.24, 2.45) is 0 Å². The second kappa shape index (κ2) is 10.4. The molecule has 0 spiro atoms. The molecule has 2 aromatic rings. The van der Waals surface area contributed by atoms with Crippen molar-refractivity contribution in [2.45, 2.75) is 38.1 Å². The molecule has 6 nitrogen and oxygen atoms in total. The zero-order valence-corrected chi connectivity index (χ0v) is 17.5. The van der Waals surface area contributed by atoms with Gasteiger partial charge >= 0.3 is 0 Å². The van der Waals surface area contributed by atoms with Crippen LogP contribution in [-0.2, 0) is 21.2 Å². The van der Waals surface area contributed by atoms with E-state index < -0.39 is 10.0 Å². The number of likely N-dealkylation sites (N-methyl/N-ethyl adjacent to an activating group) is 1. The number of carbonyl (C=O) groups is 1. The number of amides is 1. The number of sulfonamides is 1. The number of nitrogens with zero attached hydrogens (tertiary/aromatic N) is 1. The maximum absolute atomic E-state index is 12.7. The number of benzene rings is 2. The van der Waals surface area contributed by atoms with Crippen molar-refractivity contribution in [3.63, 3.8) is 0 Å². The number of nitrogens with one attached hydrogen (secondary N) is 2. The van der Waals surface area contributed by atoms with Crippen LogP contribution in [0.15, 0.2) is 59.5 Å². The summed E-state index contributed by atoms with van der Waals surface area (Å²) in [5, 5.41) is 2.63. The SMILES string of the molecule is CCN(CC)C(CNS(=O)(=O)c1ccc(NC(C)=O)cc1)Cc1ccccc1. The third kappa shape index (κ3) is 6.44. The number of hydrogen-bond donors (Lipinski definition) is 2. The molecule has 2 rings (SSSR count). The van der Waals surface area contributed by atoms with Crippen LogP contribution in [0, 0.1) is 0 Å². The molecule has 0 fully saturated rings. The largest absolute Gasteiger partial charge is 0.326 e. The summed E-state index contributed by atoms with van der Waals surface area (Å²) in [5.41, 5.74) is 1.75. The van der Waals surface area contributed by atoms with Crippen LogP contribution in [0.25, 0.3) is 0 Å². The molecule has 28 heavy (non-hydrogen) atoms. The van der Waals surface area contributed by atoms with Crippen molar-refractivity contribution in [2.75, 3.05) is 25.0 Å². The minimum atomic E-state index is -3.63. The molecule has 1 amide bonds. The highest BCUT2D eigenvalue weighted by atomic mass is 32.2. The first-order valence-corrected chi connectivity index (χ1v) is 11.0. The lowest BCUT2D eigenvalue weighted by molar-refractivity contribution is -0.114. The molecule has 0 radical (unpaired) electrons. The Balaban J connectivity index is 2.10. The molecule has 0 saturated heterocycles. The summed E-state index contributed by atoms with van der Waals surface area (Å²) in [4.78, 5) is 13.5. The average Bonchev–Trinajstić information content (AvgIpc) is 2.67. The summed E-state index contributed by atoms with van der Waals surface area (Å²) >= 11 is 0. The molecule has 7 heteroatoms. The minimum absolute atomic E-state index is 0.0610. The van der Waals surface area contributed by atoms with E-state index in [1.807, 2.05) is 18.2 Å². The highest BCUT2D eigenvalue weighted by Crippen LogP contribution is 2.15. The van der Waals surface area contributed by atoms with Gasteiger partial charge in [-0.3, -0.25) is 9.69 Å². The lowest BCUT2D eigenvalue weighted by atomic mass is 10.0. The highest BCUT2D eigenvalue weighted by Gasteiger charge is 2.21. The van der Waals surface area contributed by atoms with E-state index in [4.69, 9.17) is 0 Å². The molecule has 0 aromatic heterocycles. The number of carbonyl (C=O) groups excluding carboxylic acids is 1. The minimum Gasteiger partial charge on any atom is -0.326 e. The van der Waals surface area contributed by atoms with E-state index in [-0.39, 0.29) is 16.8 Å². The molecular formula is C21H29N3O3S. The molecule has 0 bridgehead atoms. The molecule has 2 aromatic carbocycles. The monoisotopic (exact) mass is 403 g/mol. The fourth-order valence-corrected chi connectivity index (χ4v) is 4.24. The Morgan fingerprint density at radius 1 is 1.00 bits per heavy atom. The van der Waals surface area contributed by atoms with Gasteiger partial charge in [0, 0.05) is 25.2 Å². The molecule has 0 aliphatic heterocycles. The Kier molecular flexibility index (Phi) is 8.17. The number of anilines is 1. The summed E-state index contributed by atoms with van der Waals surface area (Å²) in [5.74, 6) is -0.197. The van der Waals surface area contributed by atoms with Crippen molar-refractivity contribution < 1.29 is 13.2 Å². The summed E-state index contributed by atoms with van der Waals surface area (Å²) in [7, 11) is -3.63. The Morgan fingerprint density at radius 3 is 2.14 bits per heavy atom. The van der Waals surface area contributed by atoms with E-state index in [2.05, 4.69) is 40.9 Å². The second-order valence-corrected chi connectivity index (χ2v) is 8.39. The Bertz CT molecular complexity index is 848. The lowest BCUT2D eigenvalue weighted by Crippen LogP contribution is -2.45. The van der Waals surface area contributed by atoms with E-state index >= 15 is 0 Å². The van der Waals surface area contributed by atoms with Gasteiger partial charge in [0.2, 0.25) is 15.9 Å². The van der Waals surface area contributed by atoms with Crippen LogP contribution >= 0.6 is 0 Å². The summed E-state index contributed by atoms with van der Waals surface area (Å²) in [6.07, 6.45) is 0.770. The molecule has 1 atom stereocenters. The predicted octanol–water partition coefficient (Wildman–Crippen LogP) is 2.88. The zero-order valence-electron chi connectivity index (χ0n) is 16.7. The third-order valence-electron chi connectivity index (χ3n) is 4.64. The quantitative estimate of drug-likeness (QED) is 0.639. The molecule has 152 valence electrons. The fourth-order valence-electron chi connectivity index (χ4n) is 3.17. The van der Waals surface area contributed by atoms with Crippen LogP contribution < -0.4 is 10.0 Å². The maximum atomic E-state index is 12.7. The van der Waals surface area contributed by atoms with Crippen molar-refractivity contribution in [1.82, 2.24) is 9.62 Å². The fraction of sp³-hybridized carbons (Fsp3) is 0.381. The van der Waals surface area contributed by atoms with Gasteiger partial charge in [-0.1, -0.05) is 44.2 Å². The molecular weight excluding hydrogens is 374 g/mol. The van der Waals surface area contributed by atoms with E-state index in [1.165, 1.54) is 24.6 Å². The molecule has 0 aliphatic rings. The normalized spacial score (nSPS) is 12.7. The van der Waals surface area contributed by atoms with E-state index in [0.717, 1.165) is 19.5 Å². The van der Waals surface area contributed by atoms with Crippen molar-refractivity contribution in [3.05, 3.63) is 60.2 Å². The summed E-state index contributed by atoms with van der Waals surface area (Å²) in [6.45, 7) is 7.59. The van der Waals surface area contributed by atoms with Gasteiger partial charge in [0.05, 0.1) is 4.90 Å². The average molecular weight is 404 g/mol. The van der Waals surface area contributed by atoms with Crippen LogP contribution in [0.5, 0.6) is 0 Å². The van der Waals surface area contributed by atoms with E-state index in [9.17, 15) is 13.2 Å². The van der Waals surface area contributed by atoms with Gasteiger partial charge in [-0.25, -0.2) is 13.1 Å².